The molecule has 4 heteroatoms. The molecule has 0 aliphatic carbocycles. The van der Waals surface area contributed by atoms with Gasteiger partial charge in [-0.15, -0.1) is 0 Å². The molecule has 1 aliphatic heterocycles. The molecule has 0 saturated carbocycles. The Hall–Kier alpha value is -2.62. The maximum atomic E-state index is 11.8. The van der Waals surface area contributed by atoms with Gasteiger partial charge in [-0.3, -0.25) is 10.1 Å². The van der Waals surface area contributed by atoms with Gasteiger partial charge in [0, 0.05) is 18.7 Å². The smallest absolute Gasteiger partial charge is 0.300 e. The monoisotopic (exact) mass is 294 g/mol. The van der Waals surface area contributed by atoms with Gasteiger partial charge < -0.3 is 4.90 Å². The minimum absolute atomic E-state index is 0.189. The summed E-state index contributed by atoms with van der Waals surface area (Å²) in [4.78, 5) is 13.7. The van der Waals surface area contributed by atoms with Crippen LogP contribution in [0, 0.1) is 10.1 Å². The Bertz CT molecular complexity index is 675. The SMILES string of the molecule is O=[N+]([O-])/C(=C(\c1ccccc1)N1CCCC1)c1ccccc1. The Morgan fingerprint density at radius 3 is 1.86 bits per heavy atom. The molecule has 0 bridgehead atoms. The van der Waals surface area contributed by atoms with Crippen molar-refractivity contribution in [3.63, 3.8) is 0 Å². The predicted octanol–water partition coefficient (Wildman–Crippen LogP) is 3.88. The molecule has 4 nitrogen and oxygen atoms in total. The van der Waals surface area contributed by atoms with E-state index < -0.39 is 0 Å². The van der Waals surface area contributed by atoms with E-state index in [4.69, 9.17) is 0 Å². The lowest BCUT2D eigenvalue weighted by atomic mass is 10.0. The zero-order valence-corrected chi connectivity index (χ0v) is 12.3. The van der Waals surface area contributed by atoms with Gasteiger partial charge in [-0.05, 0) is 25.0 Å². The molecule has 0 unspecified atom stereocenters. The van der Waals surface area contributed by atoms with E-state index in [0.717, 1.165) is 37.2 Å². The minimum Gasteiger partial charge on any atom is -0.365 e. The van der Waals surface area contributed by atoms with Crippen LogP contribution in [0.1, 0.15) is 24.0 Å². The van der Waals surface area contributed by atoms with Crippen LogP contribution in [-0.2, 0) is 0 Å². The molecule has 1 saturated heterocycles. The van der Waals surface area contributed by atoms with Crippen molar-refractivity contribution in [3.8, 4) is 0 Å². The summed E-state index contributed by atoms with van der Waals surface area (Å²) in [6, 6.07) is 18.8. The molecule has 0 aromatic heterocycles. The summed E-state index contributed by atoms with van der Waals surface area (Å²) in [6.45, 7) is 1.74. The fraction of sp³-hybridized carbons (Fsp3) is 0.222. The van der Waals surface area contributed by atoms with Crippen LogP contribution in [0.15, 0.2) is 60.7 Å². The van der Waals surface area contributed by atoms with Gasteiger partial charge in [-0.2, -0.15) is 0 Å². The largest absolute Gasteiger partial charge is 0.365 e. The molecule has 3 rings (SSSR count). The molecule has 1 aliphatic rings. The van der Waals surface area contributed by atoms with E-state index in [1.165, 1.54) is 0 Å². The molecule has 0 spiro atoms. The van der Waals surface area contributed by atoms with Crippen molar-refractivity contribution < 1.29 is 4.92 Å². The predicted molar refractivity (Wildman–Crippen MR) is 87.5 cm³/mol. The Morgan fingerprint density at radius 1 is 0.864 bits per heavy atom. The molecule has 1 heterocycles. The second kappa shape index (κ2) is 6.43. The summed E-state index contributed by atoms with van der Waals surface area (Å²) in [5.74, 6) is 0. The summed E-state index contributed by atoms with van der Waals surface area (Å²) < 4.78 is 0. The van der Waals surface area contributed by atoms with Crippen molar-refractivity contribution in [1.29, 1.82) is 0 Å². The van der Waals surface area contributed by atoms with Crippen LogP contribution in [0.2, 0.25) is 0 Å². The maximum Gasteiger partial charge on any atom is 0.300 e. The number of rotatable bonds is 4. The van der Waals surface area contributed by atoms with Crippen molar-refractivity contribution in [1.82, 2.24) is 4.90 Å². The summed E-state index contributed by atoms with van der Waals surface area (Å²) in [7, 11) is 0. The van der Waals surface area contributed by atoms with E-state index >= 15 is 0 Å². The van der Waals surface area contributed by atoms with E-state index in [1.54, 1.807) is 12.1 Å². The molecule has 112 valence electrons. The summed E-state index contributed by atoms with van der Waals surface area (Å²) in [5.41, 5.74) is 2.47. The molecule has 0 N–H and O–H groups in total. The third kappa shape index (κ3) is 2.86. The average Bonchev–Trinajstić information content (AvgIpc) is 3.07. The lowest BCUT2D eigenvalue weighted by molar-refractivity contribution is -0.375. The Balaban J connectivity index is 2.22. The first-order valence-corrected chi connectivity index (χ1v) is 7.52. The first-order chi connectivity index (χ1) is 10.8. The second-order valence-electron chi connectivity index (χ2n) is 5.38. The van der Waals surface area contributed by atoms with Crippen LogP contribution in [-0.4, -0.2) is 22.9 Å². The molecular formula is C18H18N2O2. The third-order valence-corrected chi connectivity index (χ3v) is 3.92. The molecule has 22 heavy (non-hydrogen) atoms. The Kier molecular flexibility index (Phi) is 4.19. The lowest BCUT2D eigenvalue weighted by Gasteiger charge is -2.22. The van der Waals surface area contributed by atoms with Crippen LogP contribution in [0.4, 0.5) is 0 Å². The number of hydrogen-bond acceptors (Lipinski definition) is 3. The van der Waals surface area contributed by atoms with Gasteiger partial charge in [-0.25, -0.2) is 0 Å². The van der Waals surface area contributed by atoms with Crippen LogP contribution in [0.25, 0.3) is 11.4 Å². The molecule has 2 aromatic rings. The van der Waals surface area contributed by atoms with Crippen LogP contribution < -0.4 is 0 Å². The standard InChI is InChI=1S/C18H18N2O2/c21-20(22)18(16-11-5-2-6-12-16)17(19-13-7-8-14-19)15-9-3-1-4-10-15/h1-6,9-12H,7-8,13-14H2/b18-17+. The molecule has 0 radical (unpaired) electrons. The van der Waals surface area contributed by atoms with Gasteiger partial charge in [0.15, 0.2) is 0 Å². The molecule has 0 amide bonds. The fourth-order valence-electron chi connectivity index (χ4n) is 2.93. The maximum absolute atomic E-state index is 11.8. The van der Waals surface area contributed by atoms with Crippen molar-refractivity contribution in [2.75, 3.05) is 13.1 Å². The van der Waals surface area contributed by atoms with Crippen molar-refractivity contribution in [3.05, 3.63) is 81.9 Å². The highest BCUT2D eigenvalue weighted by atomic mass is 16.6. The van der Waals surface area contributed by atoms with Crippen molar-refractivity contribution >= 4 is 11.4 Å². The van der Waals surface area contributed by atoms with Crippen LogP contribution >= 0.6 is 0 Å². The number of benzene rings is 2. The van der Waals surface area contributed by atoms with Crippen LogP contribution in [0.3, 0.4) is 0 Å². The molecule has 1 fully saturated rings. The fourth-order valence-corrected chi connectivity index (χ4v) is 2.93. The van der Waals surface area contributed by atoms with Gasteiger partial charge >= 0.3 is 0 Å². The van der Waals surface area contributed by atoms with E-state index in [-0.39, 0.29) is 10.6 Å². The average molecular weight is 294 g/mol. The quantitative estimate of drug-likeness (QED) is 0.488. The van der Waals surface area contributed by atoms with Crippen molar-refractivity contribution in [2.45, 2.75) is 12.8 Å². The van der Waals surface area contributed by atoms with Gasteiger partial charge in [0.2, 0.25) is 0 Å². The highest BCUT2D eigenvalue weighted by Gasteiger charge is 2.28. The number of nitro groups is 1. The molecule has 0 atom stereocenters. The van der Waals surface area contributed by atoms with E-state index in [1.807, 2.05) is 48.5 Å². The molecular weight excluding hydrogens is 276 g/mol. The summed E-state index contributed by atoms with van der Waals surface area (Å²) in [6.07, 6.45) is 2.16. The zero-order valence-electron chi connectivity index (χ0n) is 12.3. The van der Waals surface area contributed by atoms with Gasteiger partial charge in [0.05, 0.1) is 10.5 Å². The third-order valence-electron chi connectivity index (χ3n) is 3.92. The first-order valence-electron chi connectivity index (χ1n) is 7.52. The second-order valence-corrected chi connectivity index (χ2v) is 5.38. The van der Waals surface area contributed by atoms with Gasteiger partial charge in [0.1, 0.15) is 5.70 Å². The first kappa shape index (κ1) is 14.3. The summed E-state index contributed by atoms with van der Waals surface area (Å²) >= 11 is 0. The summed E-state index contributed by atoms with van der Waals surface area (Å²) in [5, 5.41) is 11.8. The normalized spacial score (nSPS) is 15.5. The number of likely N-dealkylation sites (tertiary alicyclic amines) is 1. The number of nitrogens with zero attached hydrogens (tertiary/aromatic N) is 2. The van der Waals surface area contributed by atoms with Gasteiger partial charge in [-0.1, -0.05) is 48.5 Å². The zero-order chi connectivity index (χ0) is 15.4. The van der Waals surface area contributed by atoms with Crippen molar-refractivity contribution in [2.24, 2.45) is 0 Å². The van der Waals surface area contributed by atoms with E-state index in [0.29, 0.717) is 5.56 Å². The van der Waals surface area contributed by atoms with E-state index in [2.05, 4.69) is 4.90 Å². The highest BCUT2D eigenvalue weighted by molar-refractivity contribution is 5.86. The van der Waals surface area contributed by atoms with Gasteiger partial charge in [0.25, 0.3) is 5.70 Å². The van der Waals surface area contributed by atoms with Crippen LogP contribution in [0.5, 0.6) is 0 Å². The van der Waals surface area contributed by atoms with E-state index in [9.17, 15) is 10.1 Å². The Morgan fingerprint density at radius 2 is 1.36 bits per heavy atom. The highest BCUT2D eigenvalue weighted by Crippen LogP contribution is 2.32. The molecule has 2 aromatic carbocycles. The minimum atomic E-state index is -0.254. The lowest BCUT2D eigenvalue weighted by Crippen LogP contribution is -2.21. The Labute approximate surface area is 129 Å². The topological polar surface area (TPSA) is 46.4 Å². The number of hydrogen-bond donors (Lipinski definition) is 0.